The quantitative estimate of drug-likeness (QED) is 0.0484. The minimum absolute atomic E-state index is 0.164. The standard InChI is InChI=1S/C29H56NO10P/c1-3-5-7-9-11-12-13-15-16-18-20-27(31)37-22-25(23-38-41(35,36)39-24-26(30)29(33)34)40-28(32)21-19-17-14-10-8-6-4-2/h25-26H,3-24,30H2,1-2H3,(H,33,34)(H,35,36)/t25-,26+/m1/s1. The van der Waals surface area contributed by atoms with Crippen molar-refractivity contribution in [1.29, 1.82) is 0 Å². The first-order valence-electron chi connectivity index (χ1n) is 15.6. The van der Waals surface area contributed by atoms with E-state index >= 15 is 0 Å². The predicted octanol–water partition coefficient (Wildman–Crippen LogP) is 6.44. The lowest BCUT2D eigenvalue weighted by Gasteiger charge is -2.20. The van der Waals surface area contributed by atoms with Gasteiger partial charge in [-0.3, -0.25) is 23.4 Å². The van der Waals surface area contributed by atoms with Gasteiger partial charge in [-0.15, -0.1) is 0 Å². The van der Waals surface area contributed by atoms with Crippen LogP contribution in [0.4, 0.5) is 0 Å². The first-order valence-corrected chi connectivity index (χ1v) is 17.1. The van der Waals surface area contributed by atoms with E-state index in [4.69, 9.17) is 24.8 Å². The van der Waals surface area contributed by atoms with Gasteiger partial charge in [-0.2, -0.15) is 0 Å². The molecule has 0 aliphatic carbocycles. The van der Waals surface area contributed by atoms with E-state index in [1.165, 1.54) is 51.4 Å². The number of carbonyl (C=O) groups is 3. The van der Waals surface area contributed by atoms with Crippen molar-refractivity contribution in [3.63, 3.8) is 0 Å². The van der Waals surface area contributed by atoms with Crippen LogP contribution in [0.2, 0.25) is 0 Å². The van der Waals surface area contributed by atoms with Gasteiger partial charge in [0, 0.05) is 12.8 Å². The number of rotatable bonds is 29. The Labute approximate surface area is 246 Å². The Morgan fingerprint density at radius 2 is 1.07 bits per heavy atom. The molecule has 0 amide bonds. The summed E-state index contributed by atoms with van der Waals surface area (Å²) in [5, 5.41) is 8.79. The number of unbranched alkanes of at least 4 members (excludes halogenated alkanes) is 15. The number of phosphoric ester groups is 1. The maximum atomic E-state index is 12.4. The summed E-state index contributed by atoms with van der Waals surface area (Å²) in [7, 11) is -4.69. The van der Waals surface area contributed by atoms with E-state index < -0.39 is 51.1 Å². The van der Waals surface area contributed by atoms with Crippen molar-refractivity contribution in [1.82, 2.24) is 0 Å². The molecule has 242 valence electrons. The van der Waals surface area contributed by atoms with Gasteiger partial charge in [0.25, 0.3) is 0 Å². The number of carbonyl (C=O) groups excluding carboxylic acids is 2. The summed E-state index contributed by atoms with van der Waals surface area (Å²) in [4.78, 5) is 45.2. The fraction of sp³-hybridized carbons (Fsp3) is 0.897. The van der Waals surface area contributed by atoms with E-state index in [0.29, 0.717) is 12.8 Å². The maximum absolute atomic E-state index is 12.4. The summed E-state index contributed by atoms with van der Waals surface area (Å²) in [6.45, 7) is 2.69. The molecule has 4 N–H and O–H groups in total. The third-order valence-corrected chi connectivity index (χ3v) is 7.56. The molecule has 0 aliphatic rings. The third kappa shape index (κ3) is 25.9. The SMILES string of the molecule is CCCCCCCCCCCCC(=O)OC[C@H](COP(=O)(O)OC[C@H](N)C(=O)O)OC(=O)CCCCCCCCC. The zero-order valence-electron chi connectivity index (χ0n) is 25.4. The third-order valence-electron chi connectivity index (χ3n) is 6.61. The van der Waals surface area contributed by atoms with E-state index in [1.807, 2.05) is 0 Å². The second-order valence-corrected chi connectivity index (χ2v) is 12.1. The molecule has 0 heterocycles. The molecule has 1 unspecified atom stereocenters. The average molecular weight is 610 g/mol. The lowest BCUT2D eigenvalue weighted by atomic mass is 10.1. The molecule has 0 bridgehead atoms. The number of hydrogen-bond donors (Lipinski definition) is 3. The van der Waals surface area contributed by atoms with Gasteiger partial charge < -0.3 is 25.2 Å². The molecule has 0 aromatic carbocycles. The highest BCUT2D eigenvalue weighted by Crippen LogP contribution is 2.43. The van der Waals surface area contributed by atoms with Crippen LogP contribution in [0, 0.1) is 0 Å². The molecule has 0 saturated carbocycles. The normalized spacial score (nSPS) is 14.2. The molecule has 12 heteroatoms. The Balaban J connectivity index is 4.52. The Morgan fingerprint density at radius 3 is 1.54 bits per heavy atom. The van der Waals surface area contributed by atoms with Crippen LogP contribution in [-0.4, -0.2) is 59.9 Å². The molecule has 0 radical (unpaired) electrons. The zero-order chi connectivity index (χ0) is 30.8. The summed E-state index contributed by atoms with van der Waals surface area (Å²) >= 11 is 0. The molecule has 3 atom stereocenters. The van der Waals surface area contributed by atoms with Crippen LogP contribution in [0.5, 0.6) is 0 Å². The van der Waals surface area contributed by atoms with Crippen molar-refractivity contribution in [3.8, 4) is 0 Å². The highest BCUT2D eigenvalue weighted by atomic mass is 31.2. The average Bonchev–Trinajstić information content (AvgIpc) is 2.93. The second-order valence-electron chi connectivity index (χ2n) is 10.6. The van der Waals surface area contributed by atoms with Crippen LogP contribution < -0.4 is 5.73 Å². The summed E-state index contributed by atoms with van der Waals surface area (Å²) in [6.07, 6.45) is 17.9. The van der Waals surface area contributed by atoms with Crippen LogP contribution in [0.25, 0.3) is 0 Å². The minimum Gasteiger partial charge on any atom is -0.480 e. The Morgan fingerprint density at radius 1 is 0.659 bits per heavy atom. The topological polar surface area (TPSA) is 172 Å². The molecule has 0 spiro atoms. The number of esters is 2. The van der Waals surface area contributed by atoms with Gasteiger partial charge in [0.15, 0.2) is 6.10 Å². The summed E-state index contributed by atoms with van der Waals surface area (Å²) in [6, 6.07) is -1.51. The maximum Gasteiger partial charge on any atom is 0.472 e. The largest absolute Gasteiger partial charge is 0.480 e. The van der Waals surface area contributed by atoms with Crippen molar-refractivity contribution >= 4 is 25.7 Å². The molecule has 0 rings (SSSR count). The summed E-state index contributed by atoms with van der Waals surface area (Å²) < 4.78 is 32.2. The van der Waals surface area contributed by atoms with Crippen molar-refractivity contribution in [2.24, 2.45) is 5.73 Å². The molecule has 0 aromatic rings. The number of aliphatic carboxylic acids is 1. The number of carboxylic acid groups (broad SMARTS) is 1. The molecular formula is C29H56NO10P. The Bertz CT molecular complexity index is 736. The number of phosphoric acid groups is 1. The van der Waals surface area contributed by atoms with E-state index in [9.17, 15) is 23.8 Å². The lowest BCUT2D eigenvalue weighted by Crippen LogP contribution is -2.34. The van der Waals surface area contributed by atoms with Crippen LogP contribution in [-0.2, 0) is 37.5 Å². The monoisotopic (exact) mass is 609 g/mol. The highest BCUT2D eigenvalue weighted by molar-refractivity contribution is 7.47. The zero-order valence-corrected chi connectivity index (χ0v) is 26.3. The van der Waals surface area contributed by atoms with E-state index in [1.54, 1.807) is 0 Å². The lowest BCUT2D eigenvalue weighted by molar-refractivity contribution is -0.161. The van der Waals surface area contributed by atoms with E-state index in [-0.39, 0.29) is 19.4 Å². The highest BCUT2D eigenvalue weighted by Gasteiger charge is 2.28. The van der Waals surface area contributed by atoms with Crippen LogP contribution in [0.1, 0.15) is 136 Å². The number of nitrogens with two attached hydrogens (primary N) is 1. The van der Waals surface area contributed by atoms with Gasteiger partial charge in [0.1, 0.15) is 12.6 Å². The summed E-state index contributed by atoms with van der Waals surface area (Å²) in [5.41, 5.74) is 5.28. The van der Waals surface area contributed by atoms with Crippen LogP contribution in [0.3, 0.4) is 0 Å². The number of ether oxygens (including phenoxy) is 2. The molecule has 0 aliphatic heterocycles. The fourth-order valence-corrected chi connectivity index (χ4v) is 4.84. The van der Waals surface area contributed by atoms with Gasteiger partial charge >= 0.3 is 25.7 Å². The van der Waals surface area contributed by atoms with Gasteiger partial charge in [-0.1, -0.05) is 110 Å². The Kier molecular flexibility index (Phi) is 25.2. The first kappa shape index (κ1) is 39.5. The molecule has 0 fully saturated rings. The first-order chi connectivity index (χ1) is 19.6. The van der Waals surface area contributed by atoms with E-state index in [0.717, 1.165) is 44.9 Å². The number of hydrogen-bond acceptors (Lipinski definition) is 9. The van der Waals surface area contributed by atoms with Gasteiger partial charge in [0.2, 0.25) is 0 Å². The molecule has 41 heavy (non-hydrogen) atoms. The second kappa shape index (κ2) is 26.1. The molecule has 0 saturated heterocycles. The molecule has 0 aromatic heterocycles. The molecular weight excluding hydrogens is 553 g/mol. The van der Waals surface area contributed by atoms with Gasteiger partial charge in [0.05, 0.1) is 13.2 Å². The van der Waals surface area contributed by atoms with Gasteiger partial charge in [-0.05, 0) is 12.8 Å². The smallest absolute Gasteiger partial charge is 0.472 e. The van der Waals surface area contributed by atoms with Crippen molar-refractivity contribution in [2.45, 2.75) is 148 Å². The van der Waals surface area contributed by atoms with Crippen molar-refractivity contribution < 1.29 is 47.5 Å². The summed E-state index contributed by atoms with van der Waals surface area (Å²) in [5.74, 6) is -2.38. The Hall–Kier alpha value is -1.52. The minimum atomic E-state index is -4.69. The van der Waals surface area contributed by atoms with Crippen molar-refractivity contribution in [3.05, 3.63) is 0 Å². The van der Waals surface area contributed by atoms with Crippen LogP contribution in [0.15, 0.2) is 0 Å². The van der Waals surface area contributed by atoms with E-state index in [2.05, 4.69) is 18.4 Å². The molecule has 11 nitrogen and oxygen atoms in total. The van der Waals surface area contributed by atoms with Crippen molar-refractivity contribution in [2.75, 3.05) is 19.8 Å². The van der Waals surface area contributed by atoms with Crippen LogP contribution >= 0.6 is 7.82 Å². The number of carboxylic acids is 1. The predicted molar refractivity (Wildman–Crippen MR) is 157 cm³/mol. The fourth-order valence-electron chi connectivity index (χ4n) is 4.06. The van der Waals surface area contributed by atoms with Gasteiger partial charge in [-0.25, -0.2) is 4.57 Å².